The highest BCUT2D eigenvalue weighted by Gasteiger charge is 2.12. The van der Waals surface area contributed by atoms with Gasteiger partial charge in [0.05, 0.1) is 6.33 Å². The first-order valence-corrected chi connectivity index (χ1v) is 8.26. The number of halogens is 1. The Kier molecular flexibility index (Phi) is 5.33. The normalized spacial score (nSPS) is 11.7. The zero-order valence-electron chi connectivity index (χ0n) is 14.4. The Labute approximate surface area is 146 Å². The van der Waals surface area contributed by atoms with Crippen LogP contribution in [0.4, 0.5) is 10.4 Å². The molecule has 0 atom stereocenters. The molecule has 25 heavy (non-hydrogen) atoms. The van der Waals surface area contributed by atoms with Crippen LogP contribution in [0.15, 0.2) is 64.9 Å². The summed E-state index contributed by atoms with van der Waals surface area (Å²) in [6.45, 7) is 2.83. The zero-order chi connectivity index (χ0) is 17.6. The highest BCUT2D eigenvalue weighted by Crippen LogP contribution is 2.26. The number of rotatable bonds is 7. The molecule has 1 heterocycles. The topological polar surface area (TPSA) is 38.5 Å². The molecule has 5 heteroatoms. The van der Waals surface area contributed by atoms with Crippen molar-refractivity contribution in [2.24, 2.45) is 0 Å². The summed E-state index contributed by atoms with van der Waals surface area (Å²) in [6, 6.07) is 16.1. The summed E-state index contributed by atoms with van der Waals surface area (Å²) in [5.74, 6) is 0.633. The van der Waals surface area contributed by atoms with Crippen molar-refractivity contribution in [2.45, 2.75) is 19.9 Å². The van der Waals surface area contributed by atoms with Crippen LogP contribution in [0.5, 0.6) is 5.75 Å². The maximum Gasteiger partial charge on any atom is 0.298 e. The largest absolute Gasteiger partial charge is 0.489 e. The minimum Gasteiger partial charge on any atom is -0.489 e. The predicted molar refractivity (Wildman–Crippen MR) is 97.5 cm³/mol. The van der Waals surface area contributed by atoms with E-state index in [0.29, 0.717) is 42.2 Å². The van der Waals surface area contributed by atoms with E-state index in [9.17, 15) is 4.39 Å². The number of ether oxygens (including phenoxy) is 1. The molecular formula is C20H21FN2O2. The molecule has 0 spiro atoms. The molecule has 0 radical (unpaired) electrons. The fourth-order valence-corrected chi connectivity index (χ4v) is 2.46. The van der Waals surface area contributed by atoms with Gasteiger partial charge in [-0.2, -0.15) is 4.98 Å². The van der Waals surface area contributed by atoms with Gasteiger partial charge in [-0.1, -0.05) is 37.3 Å². The number of fused-ring (bicyclic) bond motifs is 1. The number of oxazole rings is 1. The SMILES string of the molecule is CC/C(=C\F)COc1ccc2nc(N(C)Cc3ccccc3)oc2c1. The van der Waals surface area contributed by atoms with E-state index < -0.39 is 0 Å². The molecule has 0 N–H and O–H groups in total. The molecule has 2 aromatic carbocycles. The predicted octanol–water partition coefficient (Wildman–Crippen LogP) is 5.11. The van der Waals surface area contributed by atoms with E-state index in [4.69, 9.17) is 9.15 Å². The molecule has 3 aromatic rings. The lowest BCUT2D eigenvalue weighted by atomic mass is 10.2. The molecular weight excluding hydrogens is 319 g/mol. The van der Waals surface area contributed by atoms with Crippen molar-refractivity contribution < 1.29 is 13.5 Å². The van der Waals surface area contributed by atoms with E-state index in [1.807, 2.05) is 49.2 Å². The molecule has 4 nitrogen and oxygen atoms in total. The van der Waals surface area contributed by atoms with Gasteiger partial charge in [-0.25, -0.2) is 4.39 Å². The monoisotopic (exact) mass is 340 g/mol. The van der Waals surface area contributed by atoms with Crippen molar-refractivity contribution in [1.82, 2.24) is 4.98 Å². The van der Waals surface area contributed by atoms with Crippen LogP contribution in [0, 0.1) is 0 Å². The number of hydrogen-bond donors (Lipinski definition) is 0. The van der Waals surface area contributed by atoms with Crippen LogP contribution >= 0.6 is 0 Å². The number of nitrogens with zero attached hydrogens (tertiary/aromatic N) is 2. The molecule has 0 saturated heterocycles. The first kappa shape index (κ1) is 17.0. The van der Waals surface area contributed by atoms with Crippen LogP contribution in [0.2, 0.25) is 0 Å². The number of benzene rings is 2. The minimum atomic E-state index is 0.230. The Morgan fingerprint density at radius 3 is 2.76 bits per heavy atom. The van der Waals surface area contributed by atoms with Crippen LogP contribution in [0.25, 0.3) is 11.1 Å². The summed E-state index contributed by atoms with van der Waals surface area (Å²) >= 11 is 0. The molecule has 0 bridgehead atoms. The van der Waals surface area contributed by atoms with Gasteiger partial charge in [0.15, 0.2) is 5.58 Å². The van der Waals surface area contributed by atoms with Gasteiger partial charge in [0.1, 0.15) is 17.9 Å². The molecule has 130 valence electrons. The van der Waals surface area contributed by atoms with Gasteiger partial charge in [-0.15, -0.1) is 0 Å². The molecule has 0 saturated carbocycles. The standard InChI is InChI=1S/C20H21FN2O2/c1-3-15(12-21)14-24-17-9-10-18-19(11-17)25-20(22-18)23(2)13-16-7-5-4-6-8-16/h4-12H,3,13-14H2,1-2H3/b15-12+. The second-order valence-corrected chi connectivity index (χ2v) is 5.88. The average Bonchev–Trinajstić information content (AvgIpc) is 3.07. The summed E-state index contributed by atoms with van der Waals surface area (Å²) in [5.41, 5.74) is 3.20. The van der Waals surface area contributed by atoms with E-state index in [0.717, 1.165) is 5.52 Å². The zero-order valence-corrected chi connectivity index (χ0v) is 14.4. The molecule has 0 aliphatic rings. The van der Waals surface area contributed by atoms with Crippen LogP contribution in [0.3, 0.4) is 0 Å². The quantitative estimate of drug-likeness (QED) is 0.599. The van der Waals surface area contributed by atoms with Crippen molar-refractivity contribution in [3.05, 3.63) is 66.0 Å². The van der Waals surface area contributed by atoms with Crippen molar-refractivity contribution in [3.63, 3.8) is 0 Å². The maximum atomic E-state index is 12.6. The summed E-state index contributed by atoms with van der Waals surface area (Å²) in [4.78, 5) is 6.47. The van der Waals surface area contributed by atoms with Gasteiger partial charge in [0.2, 0.25) is 0 Å². The molecule has 0 fully saturated rings. The number of anilines is 1. The lowest BCUT2D eigenvalue weighted by Crippen LogP contribution is -2.16. The van der Waals surface area contributed by atoms with Gasteiger partial charge < -0.3 is 14.1 Å². The Morgan fingerprint density at radius 2 is 2.04 bits per heavy atom. The third-order valence-corrected chi connectivity index (χ3v) is 3.97. The Bertz CT molecular complexity index is 859. The number of hydrogen-bond acceptors (Lipinski definition) is 4. The fraction of sp³-hybridized carbons (Fsp3) is 0.250. The first-order chi connectivity index (χ1) is 12.2. The van der Waals surface area contributed by atoms with Crippen molar-refractivity contribution in [3.8, 4) is 5.75 Å². The van der Waals surface area contributed by atoms with Crippen LogP contribution in [-0.4, -0.2) is 18.6 Å². The Balaban J connectivity index is 1.73. The van der Waals surface area contributed by atoms with Crippen LogP contribution in [-0.2, 0) is 6.54 Å². The number of aromatic nitrogens is 1. The molecule has 0 unspecified atom stereocenters. The summed E-state index contributed by atoms with van der Waals surface area (Å²) in [6.07, 6.45) is 1.22. The highest BCUT2D eigenvalue weighted by atomic mass is 19.1. The van der Waals surface area contributed by atoms with E-state index in [1.54, 1.807) is 6.07 Å². The fourth-order valence-electron chi connectivity index (χ4n) is 2.46. The van der Waals surface area contributed by atoms with Crippen molar-refractivity contribution in [1.29, 1.82) is 0 Å². The molecule has 0 aliphatic carbocycles. The third-order valence-electron chi connectivity index (χ3n) is 3.97. The van der Waals surface area contributed by atoms with Crippen LogP contribution in [0.1, 0.15) is 18.9 Å². The van der Waals surface area contributed by atoms with Gasteiger partial charge in [0.25, 0.3) is 6.01 Å². The van der Waals surface area contributed by atoms with E-state index in [1.165, 1.54) is 5.56 Å². The Hall–Kier alpha value is -2.82. The molecule has 0 aliphatic heterocycles. The van der Waals surface area contributed by atoms with E-state index in [-0.39, 0.29) is 6.61 Å². The molecule has 0 amide bonds. The minimum absolute atomic E-state index is 0.230. The second kappa shape index (κ2) is 7.83. The van der Waals surface area contributed by atoms with E-state index in [2.05, 4.69) is 17.1 Å². The van der Waals surface area contributed by atoms with Crippen molar-refractivity contribution >= 4 is 17.1 Å². The Morgan fingerprint density at radius 1 is 1.24 bits per heavy atom. The second-order valence-electron chi connectivity index (χ2n) is 5.88. The van der Waals surface area contributed by atoms with Gasteiger partial charge in [-0.05, 0) is 29.7 Å². The van der Waals surface area contributed by atoms with Crippen LogP contribution < -0.4 is 9.64 Å². The van der Waals surface area contributed by atoms with Gasteiger partial charge in [-0.3, -0.25) is 0 Å². The third kappa shape index (κ3) is 4.18. The van der Waals surface area contributed by atoms with Crippen molar-refractivity contribution in [2.75, 3.05) is 18.6 Å². The van der Waals surface area contributed by atoms with Gasteiger partial charge >= 0.3 is 0 Å². The van der Waals surface area contributed by atoms with Gasteiger partial charge in [0, 0.05) is 19.7 Å². The van der Waals surface area contributed by atoms with E-state index >= 15 is 0 Å². The summed E-state index contributed by atoms with van der Waals surface area (Å²) in [7, 11) is 1.94. The first-order valence-electron chi connectivity index (χ1n) is 8.26. The smallest absolute Gasteiger partial charge is 0.298 e. The molecule has 1 aromatic heterocycles. The lowest BCUT2D eigenvalue weighted by Gasteiger charge is -2.13. The lowest BCUT2D eigenvalue weighted by molar-refractivity contribution is 0.345. The average molecular weight is 340 g/mol. The highest BCUT2D eigenvalue weighted by molar-refractivity contribution is 5.76. The summed E-state index contributed by atoms with van der Waals surface area (Å²) < 4.78 is 24.1. The maximum absolute atomic E-state index is 12.6. The molecule has 3 rings (SSSR count). The summed E-state index contributed by atoms with van der Waals surface area (Å²) in [5, 5.41) is 0.